The van der Waals surface area contributed by atoms with E-state index in [9.17, 15) is 14.4 Å². The summed E-state index contributed by atoms with van der Waals surface area (Å²) in [5.41, 5.74) is 0.0777. The van der Waals surface area contributed by atoms with Crippen LogP contribution in [-0.2, 0) is 20.7 Å². The predicted octanol–water partition coefficient (Wildman–Crippen LogP) is 3.28. The maximum Gasteiger partial charge on any atom is 0.340 e. The van der Waals surface area contributed by atoms with Crippen molar-refractivity contribution >= 4 is 45.6 Å². The highest BCUT2D eigenvalue weighted by Gasteiger charge is 2.21. The zero-order valence-electron chi connectivity index (χ0n) is 14.7. The first-order valence-corrected chi connectivity index (χ1v) is 8.71. The van der Waals surface area contributed by atoms with Gasteiger partial charge in [0.15, 0.2) is 0 Å². The summed E-state index contributed by atoms with van der Waals surface area (Å²) in [6.45, 7) is 3.66. The highest BCUT2D eigenvalue weighted by Crippen LogP contribution is 2.23. The molecule has 0 aliphatic rings. The van der Waals surface area contributed by atoms with E-state index in [2.05, 4.69) is 4.98 Å². The molecule has 0 spiro atoms. The fourth-order valence-corrected chi connectivity index (χ4v) is 2.83. The van der Waals surface area contributed by atoms with Gasteiger partial charge in [0.1, 0.15) is 5.58 Å². The van der Waals surface area contributed by atoms with Gasteiger partial charge in [-0.15, -0.1) is 0 Å². The minimum absolute atomic E-state index is 0.0159. The summed E-state index contributed by atoms with van der Waals surface area (Å²) in [6, 6.07) is 5.97. The smallest absolute Gasteiger partial charge is 0.340 e. The van der Waals surface area contributed by atoms with Gasteiger partial charge < -0.3 is 13.9 Å². The molecule has 0 fully saturated rings. The van der Waals surface area contributed by atoms with Gasteiger partial charge in [-0.2, -0.15) is 0 Å². The number of esters is 2. The zero-order valence-corrected chi connectivity index (χ0v) is 15.5. The number of hydrogen-bond acceptors (Lipinski definition) is 7. The molecule has 2 aromatic heterocycles. The molecule has 3 aromatic rings. The van der Waals surface area contributed by atoms with E-state index >= 15 is 0 Å². The Kier molecular flexibility index (Phi) is 5.41. The Morgan fingerprint density at radius 3 is 2.56 bits per heavy atom. The highest BCUT2D eigenvalue weighted by atomic mass is 35.5. The van der Waals surface area contributed by atoms with E-state index in [1.54, 1.807) is 26.0 Å². The topological polar surface area (TPSA) is 95.7 Å². The summed E-state index contributed by atoms with van der Waals surface area (Å²) in [4.78, 5) is 41.2. The van der Waals surface area contributed by atoms with Crippen LogP contribution in [0.15, 0.2) is 33.5 Å². The van der Waals surface area contributed by atoms with Crippen molar-refractivity contribution in [1.29, 1.82) is 0 Å². The lowest BCUT2D eigenvalue weighted by Gasteiger charge is -2.10. The van der Waals surface area contributed by atoms with Crippen LogP contribution in [0.2, 0.25) is 5.02 Å². The Balaban J connectivity index is 2.26. The number of benzene rings is 1. The first kappa shape index (κ1) is 18.8. The fraction of sp³-hybridized carbons (Fsp3) is 0.263. The van der Waals surface area contributed by atoms with Crippen LogP contribution in [0.3, 0.4) is 0 Å². The molecular weight excluding hydrogens is 374 g/mol. The number of hydrogen-bond donors (Lipinski definition) is 0. The van der Waals surface area contributed by atoms with E-state index < -0.39 is 11.9 Å². The molecule has 1 aromatic carbocycles. The molecule has 0 atom stereocenters. The summed E-state index contributed by atoms with van der Waals surface area (Å²) in [5.74, 6) is -1.23. The Hall–Kier alpha value is -2.93. The summed E-state index contributed by atoms with van der Waals surface area (Å²) < 4.78 is 15.6. The van der Waals surface area contributed by atoms with Gasteiger partial charge in [0, 0.05) is 5.02 Å². The van der Waals surface area contributed by atoms with Crippen LogP contribution in [0.1, 0.15) is 29.9 Å². The van der Waals surface area contributed by atoms with Gasteiger partial charge in [-0.05, 0) is 38.1 Å². The molecule has 140 valence electrons. The molecule has 0 bridgehead atoms. The normalized spacial score (nSPS) is 10.9. The van der Waals surface area contributed by atoms with Gasteiger partial charge in [-0.25, -0.2) is 9.78 Å². The number of carbonyl (C=O) groups is 2. The molecule has 2 heterocycles. The van der Waals surface area contributed by atoms with Crippen LogP contribution in [0.5, 0.6) is 0 Å². The van der Waals surface area contributed by atoms with Gasteiger partial charge in [0.2, 0.25) is 11.1 Å². The van der Waals surface area contributed by atoms with Crippen LogP contribution < -0.4 is 5.43 Å². The second-order valence-corrected chi connectivity index (χ2v) is 6.05. The fourth-order valence-electron chi connectivity index (χ4n) is 2.66. The van der Waals surface area contributed by atoms with Gasteiger partial charge >= 0.3 is 11.9 Å². The summed E-state index contributed by atoms with van der Waals surface area (Å²) in [5, 5.41) is 0.747. The lowest BCUT2D eigenvalue weighted by molar-refractivity contribution is -0.142. The van der Waals surface area contributed by atoms with Crippen LogP contribution >= 0.6 is 11.6 Å². The molecular formula is C19H16ClNO6. The number of aromatic nitrogens is 1. The Bertz CT molecular complexity index is 1100. The number of halogens is 1. The number of fused-ring (bicyclic) bond motifs is 2. The van der Waals surface area contributed by atoms with Crippen molar-refractivity contribution in [2.24, 2.45) is 0 Å². The standard InChI is InChI=1S/C19H16ClNO6/c1-3-25-16(22)9-14-11(19(24)26-4-2)8-13-17(23)12-7-10(20)5-6-15(12)27-18(13)21-14/h5-8H,3-4,9H2,1-2H3. The van der Waals surface area contributed by atoms with E-state index in [-0.39, 0.29) is 52.8 Å². The number of carbonyl (C=O) groups excluding carboxylic acids is 2. The first-order valence-electron chi connectivity index (χ1n) is 8.33. The molecule has 0 unspecified atom stereocenters. The number of nitrogens with zero attached hydrogens (tertiary/aromatic N) is 1. The number of ether oxygens (including phenoxy) is 2. The second kappa shape index (κ2) is 7.75. The minimum Gasteiger partial charge on any atom is -0.466 e. The maximum atomic E-state index is 12.8. The van der Waals surface area contributed by atoms with Crippen LogP contribution in [0.25, 0.3) is 22.1 Å². The monoisotopic (exact) mass is 389 g/mol. The molecule has 27 heavy (non-hydrogen) atoms. The number of pyridine rings is 1. The van der Waals surface area contributed by atoms with Crippen molar-refractivity contribution in [1.82, 2.24) is 4.98 Å². The van der Waals surface area contributed by atoms with Crippen molar-refractivity contribution in [2.45, 2.75) is 20.3 Å². The Morgan fingerprint density at radius 1 is 1.11 bits per heavy atom. The van der Waals surface area contributed by atoms with E-state index in [4.69, 9.17) is 25.5 Å². The molecule has 0 aliphatic carbocycles. The van der Waals surface area contributed by atoms with E-state index in [0.717, 1.165) is 0 Å². The average Bonchev–Trinajstić information content (AvgIpc) is 2.62. The van der Waals surface area contributed by atoms with E-state index in [1.165, 1.54) is 12.1 Å². The maximum absolute atomic E-state index is 12.8. The van der Waals surface area contributed by atoms with Crippen LogP contribution in [0.4, 0.5) is 0 Å². The largest absolute Gasteiger partial charge is 0.466 e. The Labute approximate surface area is 158 Å². The minimum atomic E-state index is -0.684. The molecule has 0 aliphatic heterocycles. The first-order chi connectivity index (χ1) is 12.9. The summed E-state index contributed by atoms with van der Waals surface area (Å²) in [6.07, 6.45) is -0.250. The second-order valence-electron chi connectivity index (χ2n) is 5.61. The third-order valence-corrected chi connectivity index (χ3v) is 4.05. The molecule has 0 radical (unpaired) electrons. The lowest BCUT2D eigenvalue weighted by Crippen LogP contribution is -2.16. The molecule has 7 nitrogen and oxygen atoms in total. The SMILES string of the molecule is CCOC(=O)Cc1nc2oc3ccc(Cl)cc3c(=O)c2cc1C(=O)OCC. The van der Waals surface area contributed by atoms with Crippen molar-refractivity contribution < 1.29 is 23.5 Å². The van der Waals surface area contributed by atoms with Crippen molar-refractivity contribution in [3.63, 3.8) is 0 Å². The van der Waals surface area contributed by atoms with Crippen molar-refractivity contribution in [3.05, 3.63) is 50.8 Å². The van der Waals surface area contributed by atoms with Gasteiger partial charge in [0.25, 0.3) is 0 Å². The van der Waals surface area contributed by atoms with Gasteiger partial charge in [0.05, 0.1) is 41.7 Å². The van der Waals surface area contributed by atoms with E-state index in [1.807, 2.05) is 0 Å². The summed E-state index contributed by atoms with van der Waals surface area (Å²) in [7, 11) is 0. The van der Waals surface area contributed by atoms with Crippen molar-refractivity contribution in [3.8, 4) is 0 Å². The molecule has 0 saturated carbocycles. The predicted molar refractivity (Wildman–Crippen MR) is 99.1 cm³/mol. The van der Waals surface area contributed by atoms with Crippen LogP contribution in [0, 0.1) is 0 Å². The average molecular weight is 390 g/mol. The Morgan fingerprint density at radius 2 is 1.85 bits per heavy atom. The molecule has 8 heteroatoms. The van der Waals surface area contributed by atoms with Gasteiger partial charge in [-0.3, -0.25) is 9.59 Å². The quantitative estimate of drug-likeness (QED) is 0.488. The molecule has 0 saturated heterocycles. The lowest BCUT2D eigenvalue weighted by atomic mass is 10.1. The third-order valence-electron chi connectivity index (χ3n) is 3.82. The molecule has 0 N–H and O–H groups in total. The van der Waals surface area contributed by atoms with Gasteiger partial charge in [-0.1, -0.05) is 11.6 Å². The number of rotatable bonds is 5. The third kappa shape index (κ3) is 3.78. The van der Waals surface area contributed by atoms with Crippen LogP contribution in [-0.4, -0.2) is 30.1 Å². The molecule has 3 rings (SSSR count). The zero-order chi connectivity index (χ0) is 19.6. The summed E-state index contributed by atoms with van der Waals surface area (Å²) >= 11 is 5.96. The molecule has 0 amide bonds. The highest BCUT2D eigenvalue weighted by molar-refractivity contribution is 6.31. The van der Waals surface area contributed by atoms with E-state index in [0.29, 0.717) is 10.6 Å². The van der Waals surface area contributed by atoms with Crippen molar-refractivity contribution in [2.75, 3.05) is 13.2 Å².